The summed E-state index contributed by atoms with van der Waals surface area (Å²) in [4.78, 5) is 0. The molecular formula is C40H30OP+. The molecule has 0 fully saturated rings. The SMILES string of the molecule is c1ccc(-c2c(O[P+](c3ccccc3)(c3ccccc3)c3ccccc3)cccc2-c2cccc3ccccc23)cc1. The summed E-state index contributed by atoms with van der Waals surface area (Å²) >= 11 is 0. The van der Waals surface area contributed by atoms with Gasteiger partial charge in [-0.05, 0) is 69.9 Å². The lowest BCUT2D eigenvalue weighted by Gasteiger charge is -2.28. The number of benzene rings is 7. The molecule has 0 atom stereocenters. The normalized spacial score (nSPS) is 11.3. The van der Waals surface area contributed by atoms with Gasteiger partial charge in [-0.2, -0.15) is 0 Å². The van der Waals surface area contributed by atoms with Gasteiger partial charge >= 0.3 is 0 Å². The van der Waals surface area contributed by atoms with Gasteiger partial charge in [0.1, 0.15) is 15.9 Å². The standard InChI is InChI=1S/C40H30OP/c1-5-18-32(19-6-1)40-38(37-28-15-20-31-17-13-14-27-36(31)37)29-16-30-39(40)41-42(33-21-7-2-8-22-33,34-23-9-3-10-24-34)35-25-11-4-12-26-35/h1-30H/q+1. The second-order valence-corrected chi connectivity index (χ2v) is 13.2. The Hall–Kier alpha value is -4.97. The minimum Gasteiger partial charge on any atom is -0.334 e. The van der Waals surface area contributed by atoms with E-state index in [0.717, 1.165) is 22.4 Å². The van der Waals surface area contributed by atoms with Crippen molar-refractivity contribution in [3.63, 3.8) is 0 Å². The van der Waals surface area contributed by atoms with Gasteiger partial charge in [0.15, 0.2) is 5.75 Å². The average molecular weight is 558 g/mol. The molecule has 0 radical (unpaired) electrons. The van der Waals surface area contributed by atoms with Crippen LogP contribution in [0.4, 0.5) is 0 Å². The molecule has 0 heterocycles. The minimum absolute atomic E-state index is 0.872. The summed E-state index contributed by atoms with van der Waals surface area (Å²) in [5.74, 6) is 0.872. The van der Waals surface area contributed by atoms with Crippen LogP contribution in [-0.4, -0.2) is 0 Å². The van der Waals surface area contributed by atoms with E-state index in [1.54, 1.807) is 0 Å². The van der Waals surface area contributed by atoms with Crippen LogP contribution >= 0.6 is 7.49 Å². The maximum atomic E-state index is 7.63. The maximum Gasteiger partial charge on any atom is 0.287 e. The molecule has 2 heteroatoms. The lowest BCUT2D eigenvalue weighted by molar-refractivity contribution is 0.622. The predicted octanol–water partition coefficient (Wildman–Crippen LogP) is 9.46. The summed E-state index contributed by atoms with van der Waals surface area (Å²) in [6.45, 7) is 0. The van der Waals surface area contributed by atoms with Crippen molar-refractivity contribution in [3.05, 3.63) is 182 Å². The van der Waals surface area contributed by atoms with Crippen LogP contribution < -0.4 is 20.4 Å². The van der Waals surface area contributed by atoms with E-state index in [1.165, 1.54) is 32.2 Å². The molecule has 0 unspecified atom stereocenters. The van der Waals surface area contributed by atoms with Crippen molar-refractivity contribution < 1.29 is 4.52 Å². The van der Waals surface area contributed by atoms with E-state index >= 15 is 0 Å². The summed E-state index contributed by atoms with van der Waals surface area (Å²) in [5, 5.41) is 5.98. The van der Waals surface area contributed by atoms with E-state index in [2.05, 4.69) is 182 Å². The summed E-state index contributed by atoms with van der Waals surface area (Å²) in [6, 6.07) is 64.5. The van der Waals surface area contributed by atoms with Crippen molar-refractivity contribution in [2.75, 3.05) is 0 Å². The fourth-order valence-corrected chi connectivity index (χ4v) is 9.29. The van der Waals surface area contributed by atoms with Gasteiger partial charge in [-0.1, -0.05) is 140 Å². The zero-order chi connectivity index (χ0) is 28.2. The maximum absolute atomic E-state index is 7.63. The molecule has 0 amide bonds. The number of hydrogen-bond acceptors (Lipinski definition) is 1. The molecule has 7 aromatic rings. The average Bonchev–Trinajstić information content (AvgIpc) is 3.08. The monoisotopic (exact) mass is 557 g/mol. The first kappa shape index (κ1) is 26.0. The van der Waals surface area contributed by atoms with Crippen LogP contribution in [0.25, 0.3) is 33.0 Å². The summed E-state index contributed by atoms with van der Waals surface area (Å²) < 4.78 is 7.63. The van der Waals surface area contributed by atoms with E-state index in [1.807, 2.05) is 0 Å². The van der Waals surface area contributed by atoms with Gasteiger partial charge < -0.3 is 4.52 Å². The topological polar surface area (TPSA) is 9.23 Å². The lowest BCUT2D eigenvalue weighted by Crippen LogP contribution is -2.34. The fourth-order valence-electron chi connectivity index (χ4n) is 5.86. The molecule has 42 heavy (non-hydrogen) atoms. The van der Waals surface area contributed by atoms with Gasteiger partial charge in [-0.3, -0.25) is 0 Å². The van der Waals surface area contributed by atoms with Gasteiger partial charge in [-0.15, -0.1) is 0 Å². The second kappa shape index (κ2) is 11.5. The van der Waals surface area contributed by atoms with E-state index in [9.17, 15) is 0 Å². The molecule has 1 nitrogen and oxygen atoms in total. The summed E-state index contributed by atoms with van der Waals surface area (Å²) in [7, 11) is -2.58. The minimum atomic E-state index is -2.58. The third-order valence-corrected chi connectivity index (χ3v) is 11.3. The fraction of sp³-hybridized carbons (Fsp3) is 0. The first-order chi connectivity index (χ1) is 20.8. The van der Waals surface area contributed by atoms with Gasteiger partial charge in [0, 0.05) is 5.56 Å². The Balaban J connectivity index is 1.54. The van der Waals surface area contributed by atoms with Gasteiger partial charge in [0.25, 0.3) is 7.49 Å². The molecule has 0 saturated carbocycles. The highest BCUT2D eigenvalue weighted by Crippen LogP contribution is 2.58. The van der Waals surface area contributed by atoms with Crippen molar-refractivity contribution in [3.8, 4) is 28.0 Å². The van der Waals surface area contributed by atoms with Crippen LogP contribution in [0, 0.1) is 0 Å². The first-order valence-electron chi connectivity index (χ1n) is 14.3. The molecule has 200 valence electrons. The zero-order valence-corrected chi connectivity index (χ0v) is 24.1. The van der Waals surface area contributed by atoms with Crippen LogP contribution in [0.15, 0.2) is 182 Å². The van der Waals surface area contributed by atoms with Crippen molar-refractivity contribution in [1.29, 1.82) is 0 Å². The molecule has 0 saturated heterocycles. The van der Waals surface area contributed by atoms with Crippen molar-refractivity contribution in [1.82, 2.24) is 0 Å². The Morgan fingerprint density at radius 1 is 0.357 bits per heavy atom. The predicted molar refractivity (Wildman–Crippen MR) is 181 cm³/mol. The smallest absolute Gasteiger partial charge is 0.287 e. The largest absolute Gasteiger partial charge is 0.334 e. The van der Waals surface area contributed by atoms with Crippen molar-refractivity contribution in [2.45, 2.75) is 0 Å². The Bertz CT molecular complexity index is 1830. The summed E-state index contributed by atoms with van der Waals surface area (Å²) in [5.41, 5.74) is 4.58. The summed E-state index contributed by atoms with van der Waals surface area (Å²) in [6.07, 6.45) is 0. The molecule has 7 rings (SSSR count). The number of rotatable bonds is 7. The van der Waals surface area contributed by atoms with E-state index in [0.29, 0.717) is 0 Å². The van der Waals surface area contributed by atoms with Gasteiger partial charge in [0.05, 0.1) is 0 Å². The van der Waals surface area contributed by atoms with Gasteiger partial charge in [-0.25, -0.2) is 0 Å². The Kier molecular flexibility index (Phi) is 7.10. The highest BCUT2D eigenvalue weighted by molar-refractivity contribution is 7.92. The van der Waals surface area contributed by atoms with E-state index < -0.39 is 7.49 Å². The van der Waals surface area contributed by atoms with Crippen molar-refractivity contribution >= 4 is 34.2 Å². The molecule has 0 aliphatic rings. The van der Waals surface area contributed by atoms with E-state index in [-0.39, 0.29) is 0 Å². The molecule has 0 aliphatic carbocycles. The van der Waals surface area contributed by atoms with Crippen LogP contribution in [-0.2, 0) is 0 Å². The molecule has 0 aliphatic heterocycles. The van der Waals surface area contributed by atoms with Crippen LogP contribution in [0.5, 0.6) is 5.75 Å². The van der Waals surface area contributed by atoms with Crippen molar-refractivity contribution in [2.24, 2.45) is 0 Å². The third-order valence-electron chi connectivity index (χ3n) is 7.76. The Morgan fingerprint density at radius 2 is 0.810 bits per heavy atom. The number of hydrogen-bond donors (Lipinski definition) is 0. The molecule has 7 aromatic carbocycles. The number of fused-ring (bicyclic) bond motifs is 1. The van der Waals surface area contributed by atoms with E-state index in [4.69, 9.17) is 4.52 Å². The molecule has 0 N–H and O–H groups in total. The van der Waals surface area contributed by atoms with Crippen LogP contribution in [0.1, 0.15) is 0 Å². The highest BCUT2D eigenvalue weighted by atomic mass is 31.2. The third kappa shape index (κ3) is 4.69. The second-order valence-electron chi connectivity index (χ2n) is 10.3. The van der Waals surface area contributed by atoms with Crippen LogP contribution in [0.2, 0.25) is 0 Å². The first-order valence-corrected chi connectivity index (χ1v) is 16.0. The zero-order valence-electron chi connectivity index (χ0n) is 23.2. The highest BCUT2D eigenvalue weighted by Gasteiger charge is 2.50. The quantitative estimate of drug-likeness (QED) is 0.177. The lowest BCUT2D eigenvalue weighted by atomic mass is 9.91. The molecule has 0 spiro atoms. The van der Waals surface area contributed by atoms with Crippen LogP contribution in [0.3, 0.4) is 0 Å². The molecule has 0 bridgehead atoms. The molecule has 0 aromatic heterocycles. The Morgan fingerprint density at radius 3 is 1.40 bits per heavy atom. The van der Waals surface area contributed by atoms with Gasteiger partial charge in [0.2, 0.25) is 0 Å². The Labute approximate surface area is 248 Å². The molecular weight excluding hydrogens is 527 g/mol.